The first-order valence-electron chi connectivity index (χ1n) is 13.1. The van der Waals surface area contributed by atoms with Gasteiger partial charge in [0.15, 0.2) is 0 Å². The summed E-state index contributed by atoms with van der Waals surface area (Å²) in [6.07, 6.45) is 2.05. The number of benzene rings is 4. The smallest absolute Gasteiger partial charge is 0.123 e. The second-order valence-corrected chi connectivity index (χ2v) is 10.9. The Bertz CT molecular complexity index is 1530. The number of piperidine rings is 1. The van der Waals surface area contributed by atoms with Crippen molar-refractivity contribution in [2.75, 3.05) is 13.1 Å². The highest BCUT2D eigenvalue weighted by atomic mass is 35.5. The first-order valence-corrected chi connectivity index (χ1v) is 13.9. The third-order valence-electron chi connectivity index (χ3n) is 7.75. The molecule has 0 atom stereocenters. The molecule has 0 saturated carbocycles. The normalized spacial score (nSPS) is 14.8. The van der Waals surface area contributed by atoms with Crippen molar-refractivity contribution in [3.63, 3.8) is 0 Å². The van der Waals surface area contributed by atoms with Crippen molar-refractivity contribution < 1.29 is 4.39 Å². The molecule has 5 aromatic rings. The van der Waals surface area contributed by atoms with E-state index in [9.17, 15) is 4.39 Å². The number of hydrogen-bond donors (Lipinski definition) is 0. The van der Waals surface area contributed by atoms with Gasteiger partial charge in [-0.3, -0.25) is 4.90 Å². The molecule has 1 aliphatic rings. The molecule has 0 aliphatic carbocycles. The fourth-order valence-electron chi connectivity index (χ4n) is 5.90. The van der Waals surface area contributed by atoms with Gasteiger partial charge in [-0.2, -0.15) is 0 Å². The molecule has 0 spiro atoms. The van der Waals surface area contributed by atoms with Crippen LogP contribution >= 0.6 is 23.2 Å². The molecular formula is C33H29Cl2FN2. The maximum absolute atomic E-state index is 13.6. The van der Waals surface area contributed by atoms with Crippen LogP contribution in [0, 0.1) is 5.82 Å². The summed E-state index contributed by atoms with van der Waals surface area (Å²) in [5.41, 5.74) is 7.13. The molecule has 38 heavy (non-hydrogen) atoms. The first kappa shape index (κ1) is 25.2. The lowest BCUT2D eigenvalue weighted by Gasteiger charge is -2.33. The van der Waals surface area contributed by atoms with Crippen molar-refractivity contribution in [2.24, 2.45) is 0 Å². The highest BCUT2D eigenvalue weighted by molar-refractivity contribution is 6.36. The van der Waals surface area contributed by atoms with E-state index in [1.807, 2.05) is 30.3 Å². The molecule has 1 aliphatic heterocycles. The molecule has 1 fully saturated rings. The van der Waals surface area contributed by atoms with E-state index in [0.29, 0.717) is 12.5 Å². The van der Waals surface area contributed by atoms with Gasteiger partial charge in [-0.05, 0) is 84.4 Å². The van der Waals surface area contributed by atoms with Crippen LogP contribution in [0.15, 0.2) is 97.1 Å². The average Bonchev–Trinajstić information content (AvgIpc) is 3.24. The molecular weight excluding hydrogens is 514 g/mol. The molecule has 0 N–H and O–H groups in total. The molecule has 0 amide bonds. The standard InChI is InChI=1S/C33H29Cl2FN2/c34-29-10-6-11-30(35)32(29)24-17-19-37(20-18-24)22-28-27-9-4-5-12-31(27)38(21-23-13-15-26(36)16-14-23)33(28)25-7-2-1-3-8-25/h1-16,24H,17-22H2. The predicted molar refractivity (Wildman–Crippen MR) is 157 cm³/mol. The number of rotatable bonds is 6. The summed E-state index contributed by atoms with van der Waals surface area (Å²) in [4.78, 5) is 2.55. The molecule has 2 nitrogen and oxygen atoms in total. The van der Waals surface area contributed by atoms with E-state index >= 15 is 0 Å². The number of hydrogen-bond acceptors (Lipinski definition) is 1. The van der Waals surface area contributed by atoms with Crippen molar-refractivity contribution in [2.45, 2.75) is 31.8 Å². The molecule has 0 bridgehead atoms. The Labute approximate surface area is 233 Å². The summed E-state index contributed by atoms with van der Waals surface area (Å²) in [5, 5.41) is 2.81. The van der Waals surface area contributed by atoms with Gasteiger partial charge in [-0.15, -0.1) is 0 Å². The first-order chi connectivity index (χ1) is 18.6. The van der Waals surface area contributed by atoms with Gasteiger partial charge in [-0.25, -0.2) is 4.39 Å². The molecule has 6 rings (SSSR count). The SMILES string of the molecule is Fc1ccc(Cn2c(-c3ccccc3)c(CN3CCC(c4c(Cl)cccc4Cl)CC3)c3ccccc32)cc1. The molecule has 1 aromatic heterocycles. The van der Waals surface area contributed by atoms with Crippen molar-refractivity contribution in [3.8, 4) is 11.3 Å². The van der Waals surface area contributed by atoms with Gasteiger partial charge < -0.3 is 4.57 Å². The second kappa shape index (κ2) is 10.9. The Hall–Kier alpha value is -3.11. The fourth-order valence-corrected chi connectivity index (χ4v) is 6.61. The van der Waals surface area contributed by atoms with Gasteiger partial charge in [0, 0.05) is 34.0 Å². The number of aromatic nitrogens is 1. The minimum absolute atomic E-state index is 0.212. The van der Waals surface area contributed by atoms with E-state index in [1.165, 1.54) is 27.7 Å². The zero-order valence-corrected chi connectivity index (χ0v) is 22.6. The number of likely N-dealkylation sites (tertiary alicyclic amines) is 1. The average molecular weight is 544 g/mol. The van der Waals surface area contributed by atoms with E-state index in [4.69, 9.17) is 23.2 Å². The van der Waals surface area contributed by atoms with Gasteiger partial charge in [0.25, 0.3) is 0 Å². The fraction of sp³-hybridized carbons (Fsp3) is 0.212. The van der Waals surface area contributed by atoms with E-state index in [2.05, 4.69) is 64.1 Å². The minimum atomic E-state index is -0.212. The second-order valence-electron chi connectivity index (χ2n) is 10.1. The minimum Gasteiger partial charge on any atom is -0.336 e. The third-order valence-corrected chi connectivity index (χ3v) is 8.41. The molecule has 0 unspecified atom stereocenters. The van der Waals surface area contributed by atoms with Crippen molar-refractivity contribution in [3.05, 3.63) is 130 Å². The number of para-hydroxylation sites is 1. The van der Waals surface area contributed by atoms with Crippen molar-refractivity contribution in [1.82, 2.24) is 9.47 Å². The van der Waals surface area contributed by atoms with Crippen LogP contribution in [0.2, 0.25) is 10.0 Å². The van der Waals surface area contributed by atoms with Gasteiger partial charge in [-0.1, -0.05) is 89.9 Å². The lowest BCUT2D eigenvalue weighted by Crippen LogP contribution is -2.32. The maximum atomic E-state index is 13.6. The number of fused-ring (bicyclic) bond motifs is 1. The van der Waals surface area contributed by atoms with Crippen LogP contribution < -0.4 is 0 Å². The van der Waals surface area contributed by atoms with Crippen molar-refractivity contribution in [1.29, 1.82) is 0 Å². The lowest BCUT2D eigenvalue weighted by atomic mass is 9.89. The lowest BCUT2D eigenvalue weighted by molar-refractivity contribution is 0.205. The van der Waals surface area contributed by atoms with Gasteiger partial charge >= 0.3 is 0 Å². The number of halogens is 3. The van der Waals surface area contributed by atoms with E-state index < -0.39 is 0 Å². The van der Waals surface area contributed by atoms with Crippen LogP contribution in [0.4, 0.5) is 4.39 Å². The summed E-state index contributed by atoms with van der Waals surface area (Å²) in [7, 11) is 0. The van der Waals surface area contributed by atoms with Crippen LogP contribution in [0.1, 0.15) is 35.4 Å². The Kier molecular flexibility index (Phi) is 7.25. The summed E-state index contributed by atoms with van der Waals surface area (Å²) < 4.78 is 16.0. The maximum Gasteiger partial charge on any atom is 0.123 e. The predicted octanol–water partition coefficient (Wildman–Crippen LogP) is 9.18. The Morgan fingerprint density at radius 3 is 2.08 bits per heavy atom. The largest absolute Gasteiger partial charge is 0.336 e. The third kappa shape index (κ3) is 4.99. The zero-order valence-electron chi connectivity index (χ0n) is 21.1. The molecule has 0 radical (unpaired) electrons. The molecule has 1 saturated heterocycles. The van der Waals surface area contributed by atoms with Crippen LogP contribution in [0.3, 0.4) is 0 Å². The molecule has 5 heteroatoms. The van der Waals surface area contributed by atoms with Gasteiger partial charge in [0.05, 0.1) is 5.69 Å². The molecule has 4 aromatic carbocycles. The molecule has 192 valence electrons. The Balaban J connectivity index is 1.36. The van der Waals surface area contributed by atoms with E-state index in [1.54, 1.807) is 12.1 Å². The van der Waals surface area contributed by atoms with Crippen LogP contribution in [-0.4, -0.2) is 22.6 Å². The summed E-state index contributed by atoms with van der Waals surface area (Å²) in [6, 6.07) is 31.9. The molecule has 2 heterocycles. The van der Waals surface area contributed by atoms with E-state index in [-0.39, 0.29) is 5.82 Å². The van der Waals surface area contributed by atoms with Gasteiger partial charge in [0.1, 0.15) is 5.82 Å². The van der Waals surface area contributed by atoms with Crippen molar-refractivity contribution >= 4 is 34.1 Å². The summed E-state index contributed by atoms with van der Waals surface area (Å²) >= 11 is 13.1. The van der Waals surface area contributed by atoms with Crippen LogP contribution in [0.5, 0.6) is 0 Å². The Morgan fingerprint density at radius 2 is 1.37 bits per heavy atom. The Morgan fingerprint density at radius 1 is 0.711 bits per heavy atom. The topological polar surface area (TPSA) is 8.17 Å². The van der Waals surface area contributed by atoms with Crippen LogP contribution in [-0.2, 0) is 13.1 Å². The monoisotopic (exact) mass is 542 g/mol. The number of nitrogens with zero attached hydrogens (tertiary/aromatic N) is 2. The zero-order chi connectivity index (χ0) is 26.1. The van der Waals surface area contributed by atoms with Gasteiger partial charge in [0.2, 0.25) is 0 Å². The highest BCUT2D eigenvalue weighted by Gasteiger charge is 2.26. The quantitative estimate of drug-likeness (QED) is 0.207. The van der Waals surface area contributed by atoms with E-state index in [0.717, 1.165) is 53.6 Å². The van der Waals surface area contributed by atoms with Crippen LogP contribution in [0.25, 0.3) is 22.2 Å². The highest BCUT2D eigenvalue weighted by Crippen LogP contribution is 2.40. The summed E-state index contributed by atoms with van der Waals surface area (Å²) in [5.74, 6) is 0.164. The summed E-state index contributed by atoms with van der Waals surface area (Å²) in [6.45, 7) is 3.51.